The lowest BCUT2D eigenvalue weighted by atomic mass is 10.1. The van der Waals surface area contributed by atoms with E-state index in [-0.39, 0.29) is 11.5 Å². The van der Waals surface area contributed by atoms with Crippen molar-refractivity contribution < 1.29 is 4.79 Å². The highest BCUT2D eigenvalue weighted by Gasteiger charge is 2.12. The van der Waals surface area contributed by atoms with E-state index in [9.17, 15) is 9.59 Å². The van der Waals surface area contributed by atoms with Gasteiger partial charge in [-0.15, -0.1) is 11.3 Å². The second-order valence-electron chi connectivity index (χ2n) is 5.82. The maximum absolute atomic E-state index is 12.5. The van der Waals surface area contributed by atoms with Gasteiger partial charge in [0.15, 0.2) is 0 Å². The Morgan fingerprint density at radius 3 is 3.04 bits per heavy atom. The van der Waals surface area contributed by atoms with Crippen LogP contribution in [-0.4, -0.2) is 25.7 Å². The number of carbonyl (C=O) groups is 1. The molecule has 0 saturated heterocycles. The highest BCUT2D eigenvalue weighted by atomic mass is 32.1. The molecule has 3 aromatic heterocycles. The Balaban J connectivity index is 1.54. The smallest absolute Gasteiger partial charge is 0.260 e. The fourth-order valence-electron chi connectivity index (χ4n) is 2.71. The molecule has 0 aliphatic carbocycles. The van der Waals surface area contributed by atoms with E-state index in [0.29, 0.717) is 23.0 Å². The number of aryl methyl sites for hydroxylation is 1. The number of carbonyl (C=O) groups excluding carboxylic acids is 1. The van der Waals surface area contributed by atoms with E-state index in [4.69, 9.17) is 0 Å². The molecule has 0 atom stereocenters. The lowest BCUT2D eigenvalue weighted by molar-refractivity contribution is 0.0951. The molecule has 3 heterocycles. The average Bonchev–Trinajstić information content (AvgIpc) is 3.33. The molecule has 2 N–H and O–H groups in total. The third-order valence-corrected chi connectivity index (χ3v) is 4.99. The van der Waals surface area contributed by atoms with E-state index in [2.05, 4.69) is 20.5 Å². The van der Waals surface area contributed by atoms with E-state index in [0.717, 1.165) is 16.1 Å². The molecule has 0 unspecified atom stereocenters. The number of nitrogens with zero attached hydrogens (tertiary/aromatic N) is 3. The zero-order chi connectivity index (χ0) is 18.1. The number of thiophene rings is 1. The lowest BCUT2D eigenvalue weighted by Gasteiger charge is -2.07. The minimum absolute atomic E-state index is 0.138. The van der Waals surface area contributed by atoms with Gasteiger partial charge in [0.25, 0.3) is 11.5 Å². The predicted molar refractivity (Wildman–Crippen MR) is 100 cm³/mol. The van der Waals surface area contributed by atoms with Crippen LogP contribution in [0.1, 0.15) is 15.9 Å². The molecule has 0 aliphatic rings. The fraction of sp³-hybridized carbons (Fsp3) is 0.111. The fourth-order valence-corrected chi connectivity index (χ4v) is 3.46. The quantitative estimate of drug-likeness (QED) is 0.580. The van der Waals surface area contributed by atoms with Crippen LogP contribution >= 0.6 is 11.3 Å². The number of aromatic nitrogens is 4. The largest absolute Gasteiger partial charge is 0.348 e. The predicted octanol–water partition coefficient (Wildman–Crippen LogP) is 2.32. The van der Waals surface area contributed by atoms with E-state index >= 15 is 0 Å². The molecule has 130 valence electrons. The number of benzene rings is 1. The van der Waals surface area contributed by atoms with Gasteiger partial charge >= 0.3 is 0 Å². The summed E-state index contributed by atoms with van der Waals surface area (Å²) in [6.45, 7) is 0.352. The molecular weight excluding hydrogens is 350 g/mol. The molecule has 0 fully saturated rings. The molecule has 0 bridgehead atoms. The minimum Gasteiger partial charge on any atom is -0.348 e. The Labute approximate surface area is 152 Å². The van der Waals surface area contributed by atoms with Gasteiger partial charge in [-0.3, -0.25) is 14.7 Å². The minimum atomic E-state index is -0.229. The zero-order valence-electron chi connectivity index (χ0n) is 13.9. The van der Waals surface area contributed by atoms with Gasteiger partial charge in [-0.2, -0.15) is 5.10 Å². The summed E-state index contributed by atoms with van der Waals surface area (Å²) in [5.74, 6) is -0.229. The van der Waals surface area contributed by atoms with Crippen molar-refractivity contribution in [2.45, 2.75) is 6.54 Å². The second-order valence-corrected chi connectivity index (χ2v) is 6.77. The Morgan fingerprint density at radius 2 is 2.23 bits per heavy atom. The molecular formula is C18H15N5O2S. The zero-order valence-corrected chi connectivity index (χ0v) is 14.7. The van der Waals surface area contributed by atoms with E-state index in [1.165, 1.54) is 10.9 Å². The molecule has 0 saturated carbocycles. The maximum Gasteiger partial charge on any atom is 0.260 e. The van der Waals surface area contributed by atoms with Crippen LogP contribution in [0.5, 0.6) is 0 Å². The van der Waals surface area contributed by atoms with Gasteiger partial charge in [0, 0.05) is 24.7 Å². The van der Waals surface area contributed by atoms with Crippen LogP contribution in [0.2, 0.25) is 0 Å². The summed E-state index contributed by atoms with van der Waals surface area (Å²) in [6.07, 6.45) is 3.16. The monoisotopic (exact) mass is 365 g/mol. The topological polar surface area (TPSA) is 92.7 Å². The van der Waals surface area contributed by atoms with Crippen molar-refractivity contribution in [1.82, 2.24) is 25.1 Å². The molecule has 7 nitrogen and oxygen atoms in total. The number of hydrogen-bond donors (Lipinski definition) is 2. The van der Waals surface area contributed by atoms with Crippen molar-refractivity contribution >= 4 is 28.1 Å². The van der Waals surface area contributed by atoms with Crippen LogP contribution in [0.15, 0.2) is 53.0 Å². The Kier molecular flexibility index (Phi) is 4.10. The molecule has 1 aromatic carbocycles. The van der Waals surface area contributed by atoms with Gasteiger partial charge in [0.1, 0.15) is 0 Å². The lowest BCUT2D eigenvalue weighted by Crippen LogP contribution is -2.23. The Morgan fingerprint density at radius 1 is 1.35 bits per heavy atom. The first-order valence-electron chi connectivity index (χ1n) is 7.93. The normalized spacial score (nSPS) is 11.0. The van der Waals surface area contributed by atoms with Crippen molar-refractivity contribution in [3.8, 4) is 10.6 Å². The number of amides is 1. The number of aromatic amines is 1. The average molecular weight is 365 g/mol. The first kappa shape index (κ1) is 16.2. The van der Waals surface area contributed by atoms with Crippen LogP contribution in [0.3, 0.4) is 0 Å². The van der Waals surface area contributed by atoms with Crippen LogP contribution in [0.4, 0.5) is 0 Å². The number of rotatable bonds is 4. The second kappa shape index (κ2) is 6.57. The van der Waals surface area contributed by atoms with Crippen molar-refractivity contribution in [2.24, 2.45) is 7.05 Å². The third kappa shape index (κ3) is 2.91. The van der Waals surface area contributed by atoms with Gasteiger partial charge in [-0.05, 0) is 29.6 Å². The number of hydrogen-bond acceptors (Lipinski definition) is 5. The summed E-state index contributed by atoms with van der Waals surface area (Å²) in [5.41, 5.74) is 2.64. The van der Waals surface area contributed by atoms with Crippen LogP contribution in [0, 0.1) is 0 Å². The highest BCUT2D eigenvalue weighted by molar-refractivity contribution is 7.13. The molecule has 0 aliphatic heterocycles. The third-order valence-electron chi connectivity index (χ3n) is 4.11. The van der Waals surface area contributed by atoms with E-state index < -0.39 is 0 Å². The molecule has 8 heteroatoms. The van der Waals surface area contributed by atoms with Gasteiger partial charge in [-0.25, -0.2) is 4.98 Å². The summed E-state index contributed by atoms with van der Waals surface area (Å²) in [4.78, 5) is 29.8. The molecule has 26 heavy (non-hydrogen) atoms. The van der Waals surface area contributed by atoms with Crippen LogP contribution in [0.25, 0.3) is 21.5 Å². The van der Waals surface area contributed by atoms with Crippen molar-refractivity contribution in [2.75, 3.05) is 0 Å². The molecule has 0 spiro atoms. The first-order valence-corrected chi connectivity index (χ1v) is 8.81. The summed E-state index contributed by atoms with van der Waals surface area (Å²) in [7, 11) is 1.64. The van der Waals surface area contributed by atoms with E-state index in [1.807, 2.05) is 17.5 Å². The summed E-state index contributed by atoms with van der Waals surface area (Å²) < 4.78 is 1.41. The first-order chi connectivity index (χ1) is 12.6. The number of fused-ring (bicyclic) bond motifs is 1. The van der Waals surface area contributed by atoms with Crippen LogP contribution < -0.4 is 10.9 Å². The molecule has 0 radical (unpaired) electrons. The van der Waals surface area contributed by atoms with Crippen LogP contribution in [-0.2, 0) is 13.6 Å². The summed E-state index contributed by atoms with van der Waals surface area (Å²) in [5, 5.41) is 12.4. The van der Waals surface area contributed by atoms with Gasteiger partial charge < -0.3 is 9.88 Å². The Hall–Kier alpha value is -3.26. The number of H-pyrrole nitrogens is 1. The van der Waals surface area contributed by atoms with E-state index in [1.54, 1.807) is 42.8 Å². The molecule has 4 aromatic rings. The molecule has 4 rings (SSSR count). The standard InChI is InChI=1S/C18H15N5O2S/c1-23-10-20-14-7-11(4-5-13(14)18(23)25)17(24)19-8-12-9-21-22-16(12)15-3-2-6-26-15/h2-7,9-10H,8H2,1H3,(H,19,24)(H,21,22). The maximum atomic E-state index is 12.5. The van der Waals surface area contributed by atoms with Gasteiger partial charge in [0.05, 0.1) is 34.0 Å². The van der Waals surface area contributed by atoms with Crippen molar-refractivity contribution in [3.63, 3.8) is 0 Å². The van der Waals surface area contributed by atoms with Gasteiger partial charge in [-0.1, -0.05) is 6.07 Å². The SMILES string of the molecule is Cn1cnc2cc(C(=O)NCc3cn[nH]c3-c3cccs3)ccc2c1=O. The van der Waals surface area contributed by atoms with Gasteiger partial charge in [0.2, 0.25) is 0 Å². The van der Waals surface area contributed by atoms with Crippen molar-refractivity contribution in [1.29, 1.82) is 0 Å². The number of nitrogens with one attached hydrogen (secondary N) is 2. The Bertz CT molecular complexity index is 1140. The summed E-state index contributed by atoms with van der Waals surface area (Å²) >= 11 is 1.61. The molecule has 1 amide bonds. The highest BCUT2D eigenvalue weighted by Crippen LogP contribution is 2.25. The summed E-state index contributed by atoms with van der Waals surface area (Å²) in [6, 6.07) is 8.86. The van der Waals surface area contributed by atoms with Crippen molar-refractivity contribution in [3.05, 3.63) is 69.7 Å².